The molecule has 1 aliphatic heterocycles. The van der Waals surface area contributed by atoms with Gasteiger partial charge in [0.2, 0.25) is 5.91 Å². The van der Waals surface area contributed by atoms with E-state index in [2.05, 4.69) is 16.9 Å². The summed E-state index contributed by atoms with van der Waals surface area (Å²) in [6.45, 7) is 1.15. The Morgan fingerprint density at radius 2 is 2.22 bits per heavy atom. The zero-order valence-electron chi connectivity index (χ0n) is 10.6. The van der Waals surface area contributed by atoms with Crippen molar-refractivity contribution in [3.05, 3.63) is 0 Å². The summed E-state index contributed by atoms with van der Waals surface area (Å²) in [6.07, 6.45) is 4.63. The maximum Gasteiger partial charge on any atom is 0.221 e. The lowest BCUT2D eigenvalue weighted by molar-refractivity contribution is -0.121. The number of amides is 1. The molecule has 1 saturated carbocycles. The monoisotopic (exact) mass is 292 g/mol. The number of rotatable bonds is 5. The molecule has 0 radical (unpaired) electrons. The van der Waals surface area contributed by atoms with Gasteiger partial charge in [0.25, 0.3) is 0 Å². The summed E-state index contributed by atoms with van der Waals surface area (Å²) in [6, 6.07) is -0.229. The molecule has 1 unspecified atom stereocenters. The van der Waals surface area contributed by atoms with Crippen LogP contribution in [0.15, 0.2) is 0 Å². The second-order valence-electron chi connectivity index (χ2n) is 5.13. The predicted octanol–water partition coefficient (Wildman–Crippen LogP) is -0.225. The Balaban J connectivity index is 1.74. The van der Waals surface area contributed by atoms with Crippen LogP contribution < -0.4 is 10.6 Å². The molecule has 1 saturated heterocycles. The van der Waals surface area contributed by atoms with Crippen molar-refractivity contribution in [3.63, 3.8) is 0 Å². The van der Waals surface area contributed by atoms with Crippen molar-refractivity contribution in [2.45, 2.75) is 30.1 Å². The number of hydrogen-bond acceptors (Lipinski definition) is 5. The fourth-order valence-corrected chi connectivity index (χ4v) is 4.32. The van der Waals surface area contributed by atoms with Crippen LogP contribution >= 0.6 is 11.8 Å². The van der Waals surface area contributed by atoms with E-state index in [1.807, 2.05) is 0 Å². The summed E-state index contributed by atoms with van der Waals surface area (Å²) in [5.41, 5.74) is 0. The normalized spacial score (nSPS) is 28.6. The number of thioether (sulfide) groups is 1. The Labute approximate surface area is 112 Å². The van der Waals surface area contributed by atoms with Gasteiger partial charge in [-0.05, 0) is 19.1 Å². The van der Waals surface area contributed by atoms with E-state index < -0.39 is 9.84 Å². The molecule has 2 rings (SSSR count). The fraction of sp³-hybridized carbons (Fsp3) is 0.909. The van der Waals surface area contributed by atoms with Gasteiger partial charge in [0.1, 0.15) is 0 Å². The average molecular weight is 292 g/mol. The minimum Gasteiger partial charge on any atom is -0.355 e. The largest absolute Gasteiger partial charge is 0.355 e. The lowest BCUT2D eigenvalue weighted by atomic mass is 10.2. The summed E-state index contributed by atoms with van der Waals surface area (Å²) in [5.74, 6) is 0.208. The first-order valence-electron chi connectivity index (χ1n) is 6.20. The molecule has 104 valence electrons. The third-order valence-electron chi connectivity index (χ3n) is 3.58. The number of hydrogen-bond donors (Lipinski definition) is 2. The highest BCUT2D eigenvalue weighted by atomic mass is 32.2. The van der Waals surface area contributed by atoms with Gasteiger partial charge in [0.15, 0.2) is 9.84 Å². The van der Waals surface area contributed by atoms with Crippen LogP contribution in [-0.2, 0) is 14.6 Å². The number of sulfone groups is 1. The molecule has 0 aromatic heterocycles. The second-order valence-corrected chi connectivity index (χ2v) is 8.64. The smallest absolute Gasteiger partial charge is 0.221 e. The van der Waals surface area contributed by atoms with Gasteiger partial charge < -0.3 is 10.6 Å². The summed E-state index contributed by atoms with van der Waals surface area (Å²) in [5, 5.41) is 6.00. The van der Waals surface area contributed by atoms with Crippen LogP contribution in [0.4, 0.5) is 0 Å². The molecule has 2 aliphatic rings. The molecule has 0 spiro atoms. The van der Waals surface area contributed by atoms with Gasteiger partial charge in [-0.15, -0.1) is 0 Å². The third kappa shape index (κ3) is 3.86. The maximum absolute atomic E-state index is 11.8. The topological polar surface area (TPSA) is 75.3 Å². The van der Waals surface area contributed by atoms with E-state index in [4.69, 9.17) is 0 Å². The summed E-state index contributed by atoms with van der Waals surface area (Å²) in [4.78, 5) is 11.8. The van der Waals surface area contributed by atoms with Crippen LogP contribution in [0, 0.1) is 0 Å². The lowest BCUT2D eigenvalue weighted by Gasteiger charge is -2.23. The van der Waals surface area contributed by atoms with Crippen LogP contribution in [0.25, 0.3) is 0 Å². The van der Waals surface area contributed by atoms with Gasteiger partial charge in [-0.25, -0.2) is 8.42 Å². The van der Waals surface area contributed by atoms with Crippen molar-refractivity contribution in [1.82, 2.24) is 10.6 Å². The summed E-state index contributed by atoms with van der Waals surface area (Å²) < 4.78 is 23.1. The molecule has 0 aromatic carbocycles. The van der Waals surface area contributed by atoms with Crippen molar-refractivity contribution < 1.29 is 13.2 Å². The molecule has 18 heavy (non-hydrogen) atoms. The average Bonchev–Trinajstić information content (AvgIpc) is 3.06. The number of carbonyl (C=O) groups excluding carboxylic acids is 1. The zero-order chi connectivity index (χ0) is 13.2. The van der Waals surface area contributed by atoms with E-state index in [9.17, 15) is 13.2 Å². The molecule has 1 aliphatic carbocycles. The molecular formula is C11H20N2O3S2. The molecule has 5 nitrogen and oxygen atoms in total. The van der Waals surface area contributed by atoms with E-state index in [0.717, 1.165) is 12.8 Å². The molecule has 1 amide bonds. The van der Waals surface area contributed by atoms with Gasteiger partial charge in [-0.3, -0.25) is 4.79 Å². The second kappa shape index (κ2) is 5.38. The predicted molar refractivity (Wildman–Crippen MR) is 73.6 cm³/mol. The summed E-state index contributed by atoms with van der Waals surface area (Å²) >= 11 is 1.80. The quantitative estimate of drug-likeness (QED) is 0.732. The van der Waals surface area contributed by atoms with Gasteiger partial charge >= 0.3 is 0 Å². The maximum atomic E-state index is 11.8. The first-order valence-corrected chi connectivity index (χ1v) is 9.25. The summed E-state index contributed by atoms with van der Waals surface area (Å²) in [7, 11) is -2.96. The first kappa shape index (κ1) is 14.1. The Kier molecular flexibility index (Phi) is 4.23. The third-order valence-corrected chi connectivity index (χ3v) is 6.74. The molecule has 2 N–H and O–H groups in total. The molecule has 1 heterocycles. The van der Waals surface area contributed by atoms with Gasteiger partial charge in [0, 0.05) is 30.3 Å². The van der Waals surface area contributed by atoms with Crippen molar-refractivity contribution in [3.8, 4) is 0 Å². The van der Waals surface area contributed by atoms with E-state index in [-0.39, 0.29) is 34.6 Å². The Hall–Kier alpha value is -0.270. The molecule has 2 fully saturated rings. The minimum atomic E-state index is -2.96. The van der Waals surface area contributed by atoms with E-state index in [1.54, 1.807) is 11.8 Å². The molecule has 7 heteroatoms. The number of carbonyl (C=O) groups is 1. The molecular weight excluding hydrogens is 272 g/mol. The van der Waals surface area contributed by atoms with Crippen molar-refractivity contribution in [2.24, 2.45) is 0 Å². The SMILES string of the molecule is CSC1(CNC(=O)CC2CS(=O)(=O)CCN2)CC1. The Morgan fingerprint density at radius 1 is 1.50 bits per heavy atom. The highest BCUT2D eigenvalue weighted by Gasteiger charge is 2.42. The Morgan fingerprint density at radius 3 is 2.78 bits per heavy atom. The van der Waals surface area contributed by atoms with E-state index >= 15 is 0 Å². The molecule has 0 aromatic rings. The van der Waals surface area contributed by atoms with Crippen LogP contribution in [0.1, 0.15) is 19.3 Å². The van der Waals surface area contributed by atoms with Crippen molar-refractivity contribution in [2.75, 3.05) is 30.9 Å². The minimum absolute atomic E-state index is 0.0510. The van der Waals surface area contributed by atoms with Crippen molar-refractivity contribution >= 4 is 27.5 Å². The van der Waals surface area contributed by atoms with Crippen molar-refractivity contribution in [1.29, 1.82) is 0 Å². The van der Waals surface area contributed by atoms with Gasteiger partial charge in [-0.2, -0.15) is 11.8 Å². The van der Waals surface area contributed by atoms with Crippen LogP contribution in [-0.4, -0.2) is 56.0 Å². The van der Waals surface area contributed by atoms with Crippen LogP contribution in [0.5, 0.6) is 0 Å². The standard InChI is InChI=1S/C11H20N2O3S2/c1-17-11(2-3-11)8-13-10(14)6-9-7-18(15,16)5-4-12-9/h9,12H,2-8H2,1H3,(H,13,14). The Bertz CT molecular complexity index is 418. The van der Waals surface area contributed by atoms with Crippen LogP contribution in [0.3, 0.4) is 0 Å². The lowest BCUT2D eigenvalue weighted by Crippen LogP contribution is -2.47. The fourth-order valence-electron chi connectivity index (χ4n) is 2.15. The number of nitrogens with one attached hydrogen (secondary N) is 2. The van der Waals surface area contributed by atoms with E-state index in [1.165, 1.54) is 0 Å². The van der Waals surface area contributed by atoms with Gasteiger partial charge in [-0.1, -0.05) is 0 Å². The highest BCUT2D eigenvalue weighted by molar-refractivity contribution is 8.00. The van der Waals surface area contributed by atoms with Gasteiger partial charge in [0.05, 0.1) is 11.5 Å². The molecule has 0 bridgehead atoms. The van der Waals surface area contributed by atoms with E-state index in [0.29, 0.717) is 13.1 Å². The highest BCUT2D eigenvalue weighted by Crippen LogP contribution is 2.46. The zero-order valence-corrected chi connectivity index (χ0v) is 12.2. The molecule has 1 atom stereocenters. The van der Waals surface area contributed by atoms with Crippen LogP contribution in [0.2, 0.25) is 0 Å². The first-order chi connectivity index (χ1) is 8.45.